The van der Waals surface area contributed by atoms with Gasteiger partial charge in [-0.3, -0.25) is 4.79 Å². The molecule has 0 aliphatic heterocycles. The van der Waals surface area contributed by atoms with Crippen LogP contribution in [0.1, 0.15) is 18.2 Å². The van der Waals surface area contributed by atoms with Gasteiger partial charge in [0.05, 0.1) is 0 Å². The van der Waals surface area contributed by atoms with Crippen LogP contribution in [-0.2, 0) is 4.79 Å². The van der Waals surface area contributed by atoms with E-state index in [1.165, 1.54) is 19.2 Å². The molecule has 130 valence electrons. The zero-order valence-corrected chi connectivity index (χ0v) is 13.0. The number of nitrogen functional groups attached to an aromatic ring is 1. The third-order valence-electron chi connectivity index (χ3n) is 2.74. The van der Waals surface area contributed by atoms with Crippen LogP contribution in [0.3, 0.4) is 0 Å². The molecule has 2 aromatic rings. The normalized spacial score (nSPS) is 10.1. The summed E-state index contributed by atoms with van der Waals surface area (Å²) in [6.45, 7) is 0.406. The molecular weight excluding hydrogens is 337 g/mol. The number of carbonyl (C=O) groups is 1. The van der Waals surface area contributed by atoms with Crippen molar-refractivity contribution in [3.05, 3.63) is 41.6 Å². The summed E-state index contributed by atoms with van der Waals surface area (Å²) in [5, 5.41) is 2.49. The molecule has 9 heteroatoms. The topological polar surface area (TPSA) is 90.1 Å². The summed E-state index contributed by atoms with van der Waals surface area (Å²) in [4.78, 5) is 18.5. The van der Waals surface area contributed by atoms with Gasteiger partial charge in [-0.05, 0) is 18.1 Å². The van der Waals surface area contributed by atoms with E-state index in [1.54, 1.807) is 6.07 Å². The highest BCUT2D eigenvalue weighted by Gasteiger charge is 2.12. The standard InChI is InChI=1S/C16H13F3N4O2/c1-9(24)22-15-6-10(4-5-21-15)2-3-11-16(20)12(7-14(19)23-11)25-8-13(17)18/h4-7,13H,8,20H2,1H3,(H,21,22,24). The average molecular weight is 350 g/mol. The van der Waals surface area contributed by atoms with Crippen molar-refractivity contribution in [2.24, 2.45) is 0 Å². The molecule has 0 unspecified atom stereocenters. The largest absolute Gasteiger partial charge is 0.485 e. The number of aromatic nitrogens is 2. The highest BCUT2D eigenvalue weighted by molar-refractivity contribution is 5.87. The van der Waals surface area contributed by atoms with Crippen LogP contribution in [-0.4, -0.2) is 28.9 Å². The van der Waals surface area contributed by atoms with Crippen molar-refractivity contribution in [2.45, 2.75) is 13.3 Å². The van der Waals surface area contributed by atoms with E-state index in [-0.39, 0.29) is 23.0 Å². The molecule has 0 aliphatic rings. The second-order valence-corrected chi connectivity index (χ2v) is 4.77. The van der Waals surface area contributed by atoms with Crippen LogP contribution in [0.5, 0.6) is 5.75 Å². The lowest BCUT2D eigenvalue weighted by Crippen LogP contribution is -2.10. The summed E-state index contributed by atoms with van der Waals surface area (Å²) in [6.07, 6.45) is -1.30. The lowest BCUT2D eigenvalue weighted by atomic mass is 10.2. The number of hydrogen-bond donors (Lipinski definition) is 2. The molecule has 0 atom stereocenters. The molecular formula is C16H13F3N4O2. The molecule has 1 amide bonds. The molecule has 0 aromatic carbocycles. The molecule has 0 bridgehead atoms. The van der Waals surface area contributed by atoms with Crippen molar-refractivity contribution in [1.29, 1.82) is 0 Å². The van der Waals surface area contributed by atoms with E-state index >= 15 is 0 Å². The summed E-state index contributed by atoms with van der Waals surface area (Å²) in [7, 11) is 0. The number of nitrogens with one attached hydrogen (secondary N) is 1. The maximum atomic E-state index is 13.5. The summed E-state index contributed by atoms with van der Waals surface area (Å²) in [5.41, 5.74) is 5.89. The molecule has 25 heavy (non-hydrogen) atoms. The van der Waals surface area contributed by atoms with Gasteiger partial charge in [0.2, 0.25) is 11.9 Å². The fourth-order valence-corrected chi connectivity index (χ4v) is 1.76. The van der Waals surface area contributed by atoms with Gasteiger partial charge in [-0.2, -0.15) is 4.39 Å². The Morgan fingerprint density at radius 2 is 2.16 bits per heavy atom. The molecule has 3 N–H and O–H groups in total. The number of alkyl halides is 2. The Bertz CT molecular complexity index is 847. The highest BCUT2D eigenvalue weighted by atomic mass is 19.3. The minimum Gasteiger partial charge on any atom is -0.485 e. The maximum Gasteiger partial charge on any atom is 0.272 e. The SMILES string of the molecule is CC(=O)Nc1cc(C#Cc2nc(F)cc(OCC(F)F)c2N)ccn1. The van der Waals surface area contributed by atoms with E-state index in [2.05, 4.69) is 27.1 Å². The second kappa shape index (κ2) is 8.01. The van der Waals surface area contributed by atoms with Gasteiger partial charge in [-0.1, -0.05) is 5.92 Å². The summed E-state index contributed by atoms with van der Waals surface area (Å²) < 4.78 is 42.7. The molecule has 2 rings (SSSR count). The number of amides is 1. The first-order chi connectivity index (χ1) is 11.8. The Balaban J connectivity index is 2.29. The molecule has 0 radical (unpaired) electrons. The lowest BCUT2D eigenvalue weighted by Gasteiger charge is -2.09. The Kier molecular flexibility index (Phi) is 5.79. The summed E-state index contributed by atoms with van der Waals surface area (Å²) in [6, 6.07) is 3.87. The van der Waals surface area contributed by atoms with Gasteiger partial charge in [0, 0.05) is 24.8 Å². The van der Waals surface area contributed by atoms with Crippen LogP contribution in [0, 0.1) is 17.8 Å². The van der Waals surface area contributed by atoms with Gasteiger partial charge >= 0.3 is 0 Å². The lowest BCUT2D eigenvalue weighted by molar-refractivity contribution is -0.114. The Morgan fingerprint density at radius 3 is 2.84 bits per heavy atom. The quantitative estimate of drug-likeness (QED) is 0.652. The van der Waals surface area contributed by atoms with Crippen LogP contribution in [0.15, 0.2) is 24.4 Å². The van der Waals surface area contributed by atoms with E-state index in [9.17, 15) is 18.0 Å². The average Bonchev–Trinajstić information content (AvgIpc) is 2.53. The first-order valence-electron chi connectivity index (χ1n) is 6.97. The molecule has 0 saturated heterocycles. The number of carbonyl (C=O) groups excluding carboxylic acids is 1. The molecule has 0 aliphatic carbocycles. The molecule has 2 aromatic heterocycles. The van der Waals surface area contributed by atoms with Crippen LogP contribution in [0.25, 0.3) is 0 Å². The van der Waals surface area contributed by atoms with Crippen molar-refractivity contribution in [3.63, 3.8) is 0 Å². The Labute approximate surface area is 141 Å². The number of halogens is 3. The van der Waals surface area contributed by atoms with Crippen molar-refractivity contribution >= 4 is 17.4 Å². The predicted molar refractivity (Wildman–Crippen MR) is 84.6 cm³/mol. The first-order valence-corrected chi connectivity index (χ1v) is 6.97. The van der Waals surface area contributed by atoms with Crippen molar-refractivity contribution in [2.75, 3.05) is 17.7 Å². The maximum absolute atomic E-state index is 13.5. The minimum absolute atomic E-state index is 0.148. The van der Waals surface area contributed by atoms with Gasteiger partial charge in [-0.25, -0.2) is 18.7 Å². The number of ether oxygens (including phenoxy) is 1. The molecule has 0 saturated carbocycles. The number of pyridine rings is 2. The van der Waals surface area contributed by atoms with Gasteiger partial charge in [0.1, 0.15) is 29.6 Å². The smallest absolute Gasteiger partial charge is 0.272 e. The number of rotatable bonds is 4. The minimum atomic E-state index is -2.73. The highest BCUT2D eigenvalue weighted by Crippen LogP contribution is 2.25. The fraction of sp³-hybridized carbons (Fsp3) is 0.188. The zero-order chi connectivity index (χ0) is 18.4. The van der Waals surface area contributed by atoms with E-state index in [1.807, 2.05) is 0 Å². The number of nitrogens with zero attached hydrogens (tertiary/aromatic N) is 2. The van der Waals surface area contributed by atoms with Gasteiger partial charge in [0.25, 0.3) is 6.43 Å². The van der Waals surface area contributed by atoms with Crippen molar-refractivity contribution in [1.82, 2.24) is 9.97 Å². The number of hydrogen-bond acceptors (Lipinski definition) is 5. The zero-order valence-electron chi connectivity index (χ0n) is 13.0. The van der Waals surface area contributed by atoms with Crippen LogP contribution in [0.4, 0.5) is 24.7 Å². The predicted octanol–water partition coefficient (Wildman–Crippen LogP) is 2.20. The van der Waals surface area contributed by atoms with Crippen molar-refractivity contribution in [3.8, 4) is 17.6 Å². The Morgan fingerprint density at radius 1 is 1.40 bits per heavy atom. The summed E-state index contributed by atoms with van der Waals surface area (Å²) in [5.74, 6) is 4.00. The third kappa shape index (κ3) is 5.39. The molecule has 0 spiro atoms. The van der Waals surface area contributed by atoms with E-state index < -0.39 is 19.0 Å². The van der Waals surface area contributed by atoms with E-state index in [4.69, 9.17) is 10.5 Å². The monoisotopic (exact) mass is 350 g/mol. The van der Waals surface area contributed by atoms with E-state index in [0.29, 0.717) is 11.4 Å². The number of anilines is 2. The van der Waals surface area contributed by atoms with Crippen LogP contribution in [0.2, 0.25) is 0 Å². The first kappa shape index (κ1) is 18.1. The van der Waals surface area contributed by atoms with Gasteiger partial charge in [0.15, 0.2) is 0 Å². The second-order valence-electron chi connectivity index (χ2n) is 4.77. The Hall–Kier alpha value is -3.28. The molecule has 2 heterocycles. The van der Waals surface area contributed by atoms with Gasteiger partial charge < -0.3 is 15.8 Å². The third-order valence-corrected chi connectivity index (χ3v) is 2.74. The van der Waals surface area contributed by atoms with E-state index in [0.717, 1.165) is 6.07 Å². The molecule has 6 nitrogen and oxygen atoms in total. The van der Waals surface area contributed by atoms with Crippen LogP contribution < -0.4 is 15.8 Å². The van der Waals surface area contributed by atoms with Crippen molar-refractivity contribution < 1.29 is 22.7 Å². The van der Waals surface area contributed by atoms with Crippen LogP contribution >= 0.6 is 0 Å². The van der Waals surface area contributed by atoms with Gasteiger partial charge in [-0.15, -0.1) is 0 Å². The molecule has 0 fully saturated rings. The summed E-state index contributed by atoms with van der Waals surface area (Å²) >= 11 is 0. The fourth-order valence-electron chi connectivity index (χ4n) is 1.76. The number of nitrogens with two attached hydrogens (primary N) is 1.